The average Bonchev–Trinajstić information content (AvgIpc) is 2.70. The zero-order valence-electron chi connectivity index (χ0n) is 17.0. The van der Waals surface area contributed by atoms with Crippen LogP contribution in [0.25, 0.3) is 11.1 Å². The second-order valence-electron chi connectivity index (χ2n) is 7.50. The molecule has 4 nitrogen and oxygen atoms in total. The van der Waals surface area contributed by atoms with Crippen LogP contribution in [0, 0.1) is 6.92 Å². The third kappa shape index (κ3) is 4.83. The maximum atomic E-state index is 12.0. The number of carbonyl (C=O) groups excluding carboxylic acids is 1. The van der Waals surface area contributed by atoms with Crippen LogP contribution in [0.4, 0.5) is 0 Å². The summed E-state index contributed by atoms with van der Waals surface area (Å²) in [6, 6.07) is 12.2. The van der Waals surface area contributed by atoms with E-state index >= 15 is 0 Å². The van der Waals surface area contributed by atoms with Crippen LogP contribution in [-0.2, 0) is 11.2 Å². The quantitative estimate of drug-likeness (QED) is 0.618. The molecule has 0 bridgehead atoms. The molecule has 0 aliphatic carbocycles. The molecule has 0 unspecified atom stereocenters. The third-order valence-corrected chi connectivity index (χ3v) is 6.51. The van der Waals surface area contributed by atoms with Crippen molar-refractivity contribution in [1.82, 2.24) is 9.80 Å². The molecular formula is C23H29BrN2O2. The van der Waals surface area contributed by atoms with Gasteiger partial charge in [-0.25, -0.2) is 4.79 Å². The summed E-state index contributed by atoms with van der Waals surface area (Å²) in [7, 11) is 3.60. The predicted molar refractivity (Wildman–Crippen MR) is 118 cm³/mol. The maximum Gasteiger partial charge on any atom is 0.339 e. The summed E-state index contributed by atoms with van der Waals surface area (Å²) in [5.74, 6) is -0.324. The van der Waals surface area contributed by atoms with Crippen molar-refractivity contribution in [2.75, 3.05) is 46.9 Å². The highest BCUT2D eigenvalue weighted by Crippen LogP contribution is 2.34. The summed E-state index contributed by atoms with van der Waals surface area (Å²) in [6.07, 6.45) is 2.23. The van der Waals surface area contributed by atoms with Crippen molar-refractivity contribution in [1.29, 1.82) is 0 Å². The van der Waals surface area contributed by atoms with Gasteiger partial charge in [-0.05, 0) is 77.6 Å². The molecule has 0 radical (unpaired) electrons. The summed E-state index contributed by atoms with van der Waals surface area (Å²) < 4.78 is 5.69. The Morgan fingerprint density at radius 1 is 1.07 bits per heavy atom. The van der Waals surface area contributed by atoms with Gasteiger partial charge in [0.1, 0.15) is 0 Å². The normalized spacial score (nSPS) is 15.6. The number of aryl methyl sites for hydroxylation is 1. The fourth-order valence-corrected chi connectivity index (χ4v) is 4.46. The van der Waals surface area contributed by atoms with Gasteiger partial charge in [0.2, 0.25) is 0 Å². The second kappa shape index (κ2) is 9.68. The smallest absolute Gasteiger partial charge is 0.339 e. The first-order valence-electron chi connectivity index (χ1n) is 9.88. The molecule has 5 heteroatoms. The Labute approximate surface area is 176 Å². The zero-order chi connectivity index (χ0) is 20.1. The Morgan fingerprint density at radius 2 is 1.75 bits per heavy atom. The summed E-state index contributed by atoms with van der Waals surface area (Å²) in [5, 5.41) is 0. The number of benzene rings is 2. The van der Waals surface area contributed by atoms with Crippen molar-refractivity contribution in [3.63, 3.8) is 0 Å². The third-order valence-electron chi connectivity index (χ3n) is 5.66. The lowest BCUT2D eigenvalue weighted by Gasteiger charge is -2.32. The summed E-state index contributed by atoms with van der Waals surface area (Å²) in [6.45, 7) is 8.00. The number of nitrogens with zero attached hydrogens (tertiary/aromatic N) is 2. The number of methoxy groups -OCH3 is 1. The maximum absolute atomic E-state index is 12.0. The molecule has 0 atom stereocenters. The number of hydrogen-bond acceptors (Lipinski definition) is 4. The molecule has 1 fully saturated rings. The molecule has 28 heavy (non-hydrogen) atoms. The summed E-state index contributed by atoms with van der Waals surface area (Å²) >= 11 is 3.62. The molecule has 1 aliphatic heterocycles. The fraction of sp³-hybridized carbons (Fsp3) is 0.435. The first kappa shape index (κ1) is 21.0. The first-order valence-corrected chi connectivity index (χ1v) is 10.7. The van der Waals surface area contributed by atoms with E-state index < -0.39 is 0 Å². The molecule has 0 aromatic heterocycles. The van der Waals surface area contributed by atoms with Crippen molar-refractivity contribution in [3.8, 4) is 11.1 Å². The van der Waals surface area contributed by atoms with E-state index in [0.29, 0.717) is 5.56 Å². The molecule has 0 amide bonds. The molecule has 150 valence electrons. The van der Waals surface area contributed by atoms with E-state index in [4.69, 9.17) is 4.74 Å². The standard InChI is InChI=1S/C23H29BrN2O2/c1-17-18(8-6-12-26-15-13-25(2)14-16-26)7-4-9-19(17)20-10-5-11-21(22(20)24)23(27)28-3/h4-5,7,9-11H,6,8,12-16H2,1-3H3. The first-order chi connectivity index (χ1) is 13.5. The molecule has 2 aromatic carbocycles. The van der Waals surface area contributed by atoms with Gasteiger partial charge in [-0.15, -0.1) is 0 Å². The van der Waals surface area contributed by atoms with E-state index in [-0.39, 0.29) is 5.97 Å². The van der Waals surface area contributed by atoms with Gasteiger partial charge in [0.15, 0.2) is 0 Å². The Bertz CT molecular complexity index is 829. The highest BCUT2D eigenvalue weighted by atomic mass is 79.9. The molecule has 0 N–H and O–H groups in total. The van der Waals surface area contributed by atoms with Crippen molar-refractivity contribution >= 4 is 21.9 Å². The molecule has 1 aliphatic rings. The van der Waals surface area contributed by atoms with Crippen LogP contribution in [0.1, 0.15) is 27.9 Å². The zero-order valence-corrected chi connectivity index (χ0v) is 18.6. The molecule has 0 spiro atoms. The van der Waals surface area contributed by atoms with E-state index in [9.17, 15) is 4.79 Å². The van der Waals surface area contributed by atoms with Gasteiger partial charge in [0, 0.05) is 30.7 Å². The number of piperazine rings is 1. The number of hydrogen-bond donors (Lipinski definition) is 0. The van der Waals surface area contributed by atoms with Crippen LogP contribution < -0.4 is 0 Å². The molecular weight excluding hydrogens is 416 g/mol. The predicted octanol–water partition coefficient (Wildman–Crippen LogP) is 4.39. The van der Waals surface area contributed by atoms with Gasteiger partial charge in [-0.3, -0.25) is 0 Å². The van der Waals surface area contributed by atoms with Crippen LogP contribution in [0.5, 0.6) is 0 Å². The van der Waals surface area contributed by atoms with Gasteiger partial charge < -0.3 is 14.5 Å². The van der Waals surface area contributed by atoms with Gasteiger partial charge in [-0.2, -0.15) is 0 Å². The van der Waals surface area contributed by atoms with E-state index in [0.717, 1.165) is 35.0 Å². The van der Waals surface area contributed by atoms with Crippen LogP contribution in [-0.4, -0.2) is 62.7 Å². The van der Waals surface area contributed by atoms with Gasteiger partial charge in [-0.1, -0.05) is 30.3 Å². The Hall–Kier alpha value is -1.69. The Balaban J connectivity index is 1.74. The molecule has 1 heterocycles. The topological polar surface area (TPSA) is 32.8 Å². The number of likely N-dealkylation sites (N-methyl/N-ethyl adjacent to an activating group) is 1. The largest absolute Gasteiger partial charge is 0.465 e. The van der Waals surface area contributed by atoms with Crippen LogP contribution in [0.2, 0.25) is 0 Å². The van der Waals surface area contributed by atoms with Gasteiger partial charge in [0.05, 0.1) is 12.7 Å². The average molecular weight is 445 g/mol. The number of carbonyl (C=O) groups is 1. The van der Waals surface area contributed by atoms with Crippen molar-refractivity contribution in [3.05, 3.63) is 57.6 Å². The minimum atomic E-state index is -0.324. The monoisotopic (exact) mass is 444 g/mol. The van der Waals surface area contributed by atoms with E-state index in [1.807, 2.05) is 12.1 Å². The lowest BCUT2D eigenvalue weighted by atomic mass is 9.93. The number of rotatable bonds is 6. The van der Waals surface area contributed by atoms with Crippen LogP contribution in [0.15, 0.2) is 40.9 Å². The minimum absolute atomic E-state index is 0.324. The number of ether oxygens (including phenoxy) is 1. The molecule has 3 rings (SSSR count). The number of halogens is 1. The molecule has 0 saturated carbocycles. The SMILES string of the molecule is COC(=O)c1cccc(-c2cccc(CCCN3CCN(C)CC3)c2C)c1Br. The lowest BCUT2D eigenvalue weighted by molar-refractivity contribution is 0.0599. The van der Waals surface area contributed by atoms with Crippen LogP contribution in [0.3, 0.4) is 0 Å². The number of esters is 1. The molecule has 1 saturated heterocycles. The highest BCUT2D eigenvalue weighted by molar-refractivity contribution is 9.10. The van der Waals surface area contributed by atoms with E-state index in [1.165, 1.54) is 44.4 Å². The lowest BCUT2D eigenvalue weighted by Crippen LogP contribution is -2.44. The van der Waals surface area contributed by atoms with Crippen molar-refractivity contribution < 1.29 is 9.53 Å². The summed E-state index contributed by atoms with van der Waals surface area (Å²) in [5.41, 5.74) is 5.40. The Kier molecular flexibility index (Phi) is 7.27. The van der Waals surface area contributed by atoms with Crippen LogP contribution >= 0.6 is 15.9 Å². The van der Waals surface area contributed by atoms with Gasteiger partial charge >= 0.3 is 5.97 Å². The minimum Gasteiger partial charge on any atom is -0.465 e. The highest BCUT2D eigenvalue weighted by Gasteiger charge is 2.17. The second-order valence-corrected chi connectivity index (χ2v) is 8.29. The van der Waals surface area contributed by atoms with Crippen molar-refractivity contribution in [2.24, 2.45) is 0 Å². The van der Waals surface area contributed by atoms with E-state index in [2.05, 4.69) is 57.9 Å². The Morgan fingerprint density at radius 3 is 2.46 bits per heavy atom. The molecule has 2 aromatic rings. The van der Waals surface area contributed by atoms with Crippen molar-refractivity contribution in [2.45, 2.75) is 19.8 Å². The van der Waals surface area contributed by atoms with E-state index in [1.54, 1.807) is 6.07 Å². The summed E-state index contributed by atoms with van der Waals surface area (Å²) in [4.78, 5) is 17.0. The fourth-order valence-electron chi connectivity index (χ4n) is 3.82. The van der Waals surface area contributed by atoms with Gasteiger partial charge in [0.25, 0.3) is 0 Å².